The minimum atomic E-state index is -4.76. The van der Waals surface area contributed by atoms with Crippen LogP contribution in [0.25, 0.3) is 16.8 Å². The van der Waals surface area contributed by atoms with Crippen LogP contribution in [-0.2, 0) is 0 Å². The Kier molecular flexibility index (Phi) is 2.81. The van der Waals surface area contributed by atoms with E-state index in [1.807, 2.05) is 0 Å². The summed E-state index contributed by atoms with van der Waals surface area (Å²) in [5.41, 5.74) is 1.13. The number of benzene rings is 1. The first-order valence-electron chi connectivity index (χ1n) is 5.68. The van der Waals surface area contributed by atoms with Crippen LogP contribution in [0.4, 0.5) is 13.2 Å². The van der Waals surface area contributed by atoms with Crippen molar-refractivity contribution >= 4 is 5.65 Å². The average Bonchev–Trinajstić information content (AvgIpc) is 2.86. The smallest absolute Gasteiger partial charge is 0.405 e. The summed E-state index contributed by atoms with van der Waals surface area (Å²) in [6.07, 6.45) is -1.93. The molecule has 1 aromatic carbocycles. The van der Waals surface area contributed by atoms with Crippen molar-refractivity contribution in [1.82, 2.24) is 14.6 Å². The Bertz CT molecular complexity index is 737. The molecule has 0 amide bonds. The standard InChI is InChI=1S/C13H8F3N3O/c14-13(15,16)20-10-6-7-19-8-17-18-12(19)11(10)9-4-2-1-3-5-9/h1-8H. The van der Waals surface area contributed by atoms with Crippen molar-refractivity contribution < 1.29 is 17.9 Å². The molecule has 2 heterocycles. The molecule has 0 aliphatic heterocycles. The molecular weight excluding hydrogens is 271 g/mol. The number of hydrogen-bond donors (Lipinski definition) is 0. The maximum absolute atomic E-state index is 12.5. The van der Waals surface area contributed by atoms with Crippen LogP contribution in [0.1, 0.15) is 0 Å². The molecule has 0 atom stereocenters. The number of rotatable bonds is 2. The van der Waals surface area contributed by atoms with Crippen LogP contribution < -0.4 is 4.74 Å². The third kappa shape index (κ3) is 2.29. The van der Waals surface area contributed by atoms with Gasteiger partial charge in [0.05, 0.1) is 5.56 Å². The van der Waals surface area contributed by atoms with Gasteiger partial charge in [-0.3, -0.25) is 4.40 Å². The summed E-state index contributed by atoms with van der Waals surface area (Å²) in [7, 11) is 0. The van der Waals surface area contributed by atoms with Crippen LogP contribution in [0.2, 0.25) is 0 Å². The molecular formula is C13H8F3N3O. The zero-order valence-corrected chi connectivity index (χ0v) is 10.0. The summed E-state index contributed by atoms with van der Waals surface area (Å²) < 4.78 is 43.1. The van der Waals surface area contributed by atoms with Gasteiger partial charge in [0.1, 0.15) is 12.1 Å². The van der Waals surface area contributed by atoms with Crippen LogP contribution >= 0.6 is 0 Å². The third-order valence-corrected chi connectivity index (χ3v) is 2.72. The molecule has 20 heavy (non-hydrogen) atoms. The topological polar surface area (TPSA) is 39.4 Å². The number of pyridine rings is 1. The Balaban J connectivity index is 2.24. The molecule has 102 valence electrons. The minimum absolute atomic E-state index is 0.253. The molecule has 2 aromatic heterocycles. The zero-order chi connectivity index (χ0) is 14.2. The van der Waals surface area contributed by atoms with Crippen molar-refractivity contribution in [3.63, 3.8) is 0 Å². The summed E-state index contributed by atoms with van der Waals surface area (Å²) in [6, 6.07) is 9.85. The Labute approximate surface area is 111 Å². The van der Waals surface area contributed by atoms with Gasteiger partial charge in [-0.2, -0.15) is 0 Å². The van der Waals surface area contributed by atoms with E-state index in [9.17, 15) is 13.2 Å². The van der Waals surface area contributed by atoms with E-state index >= 15 is 0 Å². The molecule has 7 heteroatoms. The van der Waals surface area contributed by atoms with Gasteiger partial charge in [0.25, 0.3) is 0 Å². The minimum Gasteiger partial charge on any atom is -0.405 e. The fourth-order valence-corrected chi connectivity index (χ4v) is 1.96. The second-order valence-corrected chi connectivity index (χ2v) is 4.03. The van der Waals surface area contributed by atoms with Crippen LogP contribution in [0.15, 0.2) is 48.9 Å². The third-order valence-electron chi connectivity index (χ3n) is 2.72. The normalized spacial score (nSPS) is 11.8. The second kappa shape index (κ2) is 4.52. The zero-order valence-electron chi connectivity index (χ0n) is 10.0. The van der Waals surface area contributed by atoms with Crippen molar-refractivity contribution in [2.45, 2.75) is 6.36 Å². The molecule has 4 nitrogen and oxygen atoms in total. The monoisotopic (exact) mass is 279 g/mol. The van der Waals surface area contributed by atoms with Crippen LogP contribution in [0.5, 0.6) is 5.75 Å². The van der Waals surface area contributed by atoms with Gasteiger partial charge < -0.3 is 4.74 Å². The number of alkyl halides is 3. The molecule has 0 radical (unpaired) electrons. The highest BCUT2D eigenvalue weighted by Crippen LogP contribution is 2.36. The number of aromatic nitrogens is 3. The molecule has 0 unspecified atom stereocenters. The average molecular weight is 279 g/mol. The van der Waals surface area contributed by atoms with Gasteiger partial charge in [-0.1, -0.05) is 30.3 Å². The number of hydrogen-bond acceptors (Lipinski definition) is 3. The van der Waals surface area contributed by atoms with Gasteiger partial charge >= 0.3 is 6.36 Å². The lowest BCUT2D eigenvalue weighted by Crippen LogP contribution is -2.18. The second-order valence-electron chi connectivity index (χ2n) is 4.03. The number of ether oxygens (including phenoxy) is 1. The van der Waals surface area contributed by atoms with E-state index in [0.29, 0.717) is 11.2 Å². The van der Waals surface area contributed by atoms with Crippen molar-refractivity contribution in [2.24, 2.45) is 0 Å². The molecule has 0 spiro atoms. The summed E-state index contributed by atoms with van der Waals surface area (Å²) in [5.74, 6) is -0.302. The molecule has 0 aliphatic carbocycles. The maximum atomic E-state index is 12.5. The summed E-state index contributed by atoms with van der Waals surface area (Å²) in [4.78, 5) is 0. The Hall–Kier alpha value is -2.57. The van der Waals surface area contributed by atoms with Crippen LogP contribution in [0, 0.1) is 0 Å². The Morgan fingerprint density at radius 2 is 1.80 bits per heavy atom. The van der Waals surface area contributed by atoms with E-state index in [-0.39, 0.29) is 11.3 Å². The van der Waals surface area contributed by atoms with Gasteiger partial charge in [0.2, 0.25) is 0 Å². The van der Waals surface area contributed by atoms with Crippen molar-refractivity contribution in [1.29, 1.82) is 0 Å². The quantitative estimate of drug-likeness (QED) is 0.722. The van der Waals surface area contributed by atoms with E-state index in [4.69, 9.17) is 0 Å². The summed E-state index contributed by atoms with van der Waals surface area (Å²) >= 11 is 0. The van der Waals surface area contributed by atoms with E-state index < -0.39 is 6.36 Å². The highest BCUT2D eigenvalue weighted by Gasteiger charge is 2.33. The first-order valence-corrected chi connectivity index (χ1v) is 5.68. The first kappa shape index (κ1) is 12.5. The lowest BCUT2D eigenvalue weighted by molar-refractivity contribution is -0.274. The van der Waals surface area contributed by atoms with Gasteiger partial charge in [-0.25, -0.2) is 0 Å². The Morgan fingerprint density at radius 1 is 1.05 bits per heavy atom. The first-order chi connectivity index (χ1) is 9.54. The molecule has 0 fully saturated rings. The maximum Gasteiger partial charge on any atom is 0.573 e. The molecule has 0 saturated heterocycles. The van der Waals surface area contributed by atoms with E-state index in [1.165, 1.54) is 23.0 Å². The van der Waals surface area contributed by atoms with Crippen LogP contribution in [0.3, 0.4) is 0 Å². The molecule has 0 saturated carbocycles. The molecule has 3 rings (SSSR count). The molecule has 0 N–H and O–H groups in total. The summed E-state index contributed by atoms with van der Waals surface area (Å²) in [5, 5.41) is 7.55. The SMILES string of the molecule is FC(F)(F)Oc1ccn2cnnc2c1-c1ccccc1. The highest BCUT2D eigenvalue weighted by atomic mass is 19.4. The largest absolute Gasteiger partial charge is 0.573 e. The van der Waals surface area contributed by atoms with Gasteiger partial charge in [0, 0.05) is 6.20 Å². The fourth-order valence-electron chi connectivity index (χ4n) is 1.96. The van der Waals surface area contributed by atoms with E-state index in [0.717, 1.165) is 0 Å². The lowest BCUT2D eigenvalue weighted by Gasteiger charge is -2.13. The fraction of sp³-hybridized carbons (Fsp3) is 0.0769. The molecule has 0 bridgehead atoms. The van der Waals surface area contributed by atoms with E-state index in [1.54, 1.807) is 30.3 Å². The van der Waals surface area contributed by atoms with Crippen molar-refractivity contribution in [3.05, 3.63) is 48.9 Å². The van der Waals surface area contributed by atoms with Crippen LogP contribution in [-0.4, -0.2) is 21.0 Å². The molecule has 3 aromatic rings. The molecule has 0 aliphatic rings. The van der Waals surface area contributed by atoms with Gasteiger partial charge in [-0.05, 0) is 11.6 Å². The predicted octanol–water partition coefficient (Wildman–Crippen LogP) is 3.29. The number of fused-ring (bicyclic) bond motifs is 1. The van der Waals surface area contributed by atoms with Crippen molar-refractivity contribution in [3.8, 4) is 16.9 Å². The summed E-state index contributed by atoms with van der Waals surface area (Å²) in [6.45, 7) is 0. The Morgan fingerprint density at radius 3 is 2.50 bits per heavy atom. The van der Waals surface area contributed by atoms with E-state index in [2.05, 4.69) is 14.9 Å². The number of nitrogens with zero attached hydrogens (tertiary/aromatic N) is 3. The lowest BCUT2D eigenvalue weighted by atomic mass is 10.1. The van der Waals surface area contributed by atoms with Gasteiger partial charge in [-0.15, -0.1) is 23.4 Å². The predicted molar refractivity (Wildman–Crippen MR) is 65.1 cm³/mol. The number of halogens is 3. The van der Waals surface area contributed by atoms with Gasteiger partial charge in [0.15, 0.2) is 5.65 Å². The van der Waals surface area contributed by atoms with Crippen molar-refractivity contribution in [2.75, 3.05) is 0 Å². The highest BCUT2D eigenvalue weighted by molar-refractivity contribution is 5.82.